The molecule has 2 aliphatic heterocycles. The maximum atomic E-state index is 13.1. The van der Waals surface area contributed by atoms with Crippen LogP contribution in [0.5, 0.6) is 5.75 Å². The fourth-order valence-electron chi connectivity index (χ4n) is 3.57. The van der Waals surface area contributed by atoms with Crippen LogP contribution >= 0.6 is 0 Å². The van der Waals surface area contributed by atoms with Crippen molar-refractivity contribution in [3.63, 3.8) is 0 Å². The minimum atomic E-state index is -3.74. The van der Waals surface area contributed by atoms with E-state index in [1.165, 1.54) is 11.4 Å². The molecule has 2 aliphatic rings. The normalized spacial score (nSPS) is 24.2. The first-order valence-electron chi connectivity index (χ1n) is 8.42. The summed E-state index contributed by atoms with van der Waals surface area (Å²) in [5, 5.41) is 0. The van der Waals surface area contributed by atoms with Crippen LogP contribution in [0.1, 0.15) is 42.5 Å². The number of carbonyl (C=O) groups is 1. The molecule has 0 spiro atoms. The van der Waals surface area contributed by atoms with E-state index in [9.17, 15) is 13.2 Å². The van der Waals surface area contributed by atoms with Crippen molar-refractivity contribution in [3.8, 4) is 5.75 Å². The summed E-state index contributed by atoms with van der Waals surface area (Å²) in [6.07, 6.45) is 1.61. The van der Waals surface area contributed by atoms with Gasteiger partial charge in [0.05, 0.1) is 12.0 Å². The molecule has 1 saturated heterocycles. The largest absolute Gasteiger partial charge is 0.487 e. The van der Waals surface area contributed by atoms with Gasteiger partial charge in [0.2, 0.25) is 10.0 Å². The molecule has 1 fully saturated rings. The Balaban J connectivity index is 2.10. The molecule has 0 N–H and O–H groups in total. The SMILES string of the molecule is COC(=O)[C@H]1CN1S(=O)(=O)c1c(C)c(C)c2c(c1C)CCC(C)(C)O2. The molecule has 2 heterocycles. The monoisotopic (exact) mass is 367 g/mol. The molecule has 0 radical (unpaired) electrons. The van der Waals surface area contributed by atoms with Crippen LogP contribution in [0.15, 0.2) is 4.90 Å². The summed E-state index contributed by atoms with van der Waals surface area (Å²) in [4.78, 5) is 12.0. The lowest BCUT2D eigenvalue weighted by Crippen LogP contribution is -2.34. The number of ether oxygens (including phenoxy) is 2. The Hall–Kier alpha value is -1.60. The van der Waals surface area contributed by atoms with Gasteiger partial charge in [0.1, 0.15) is 17.4 Å². The Morgan fingerprint density at radius 3 is 2.44 bits per heavy atom. The maximum absolute atomic E-state index is 13.1. The van der Waals surface area contributed by atoms with Crippen molar-refractivity contribution in [3.05, 3.63) is 22.3 Å². The first kappa shape index (κ1) is 18.2. The number of rotatable bonds is 3. The topological polar surface area (TPSA) is 72.7 Å². The van der Waals surface area contributed by atoms with Crippen LogP contribution in [0.25, 0.3) is 0 Å². The van der Waals surface area contributed by atoms with E-state index in [0.717, 1.165) is 35.3 Å². The van der Waals surface area contributed by atoms with Crippen LogP contribution in [0.2, 0.25) is 0 Å². The quantitative estimate of drug-likeness (QED) is 0.605. The van der Waals surface area contributed by atoms with Crippen LogP contribution in [-0.2, 0) is 26.0 Å². The second kappa shape index (κ2) is 5.71. The summed E-state index contributed by atoms with van der Waals surface area (Å²) < 4.78 is 38.2. The highest BCUT2D eigenvalue weighted by Gasteiger charge is 2.51. The minimum absolute atomic E-state index is 0.174. The van der Waals surface area contributed by atoms with Crippen LogP contribution < -0.4 is 4.74 Å². The van der Waals surface area contributed by atoms with Crippen molar-refractivity contribution >= 4 is 16.0 Å². The van der Waals surface area contributed by atoms with E-state index in [-0.39, 0.29) is 12.1 Å². The molecule has 3 rings (SSSR count). The molecule has 1 aromatic carbocycles. The van der Waals surface area contributed by atoms with Crippen LogP contribution in [0.3, 0.4) is 0 Å². The van der Waals surface area contributed by atoms with Crippen molar-refractivity contribution in [1.29, 1.82) is 0 Å². The molecule has 25 heavy (non-hydrogen) atoms. The molecule has 138 valence electrons. The van der Waals surface area contributed by atoms with Crippen molar-refractivity contribution in [2.24, 2.45) is 0 Å². The summed E-state index contributed by atoms with van der Waals surface area (Å²) in [5.74, 6) is 0.291. The van der Waals surface area contributed by atoms with Crippen molar-refractivity contribution in [2.45, 2.75) is 64.0 Å². The molecular formula is C18H25NO5S. The summed E-state index contributed by atoms with van der Waals surface area (Å²) >= 11 is 0. The summed E-state index contributed by atoms with van der Waals surface area (Å²) in [5.41, 5.74) is 2.96. The molecule has 2 atom stereocenters. The lowest BCUT2D eigenvalue weighted by atomic mass is 9.88. The number of hydrogen-bond acceptors (Lipinski definition) is 5. The standard InChI is InChI=1S/C18H25NO5S/c1-10-11(2)16(25(21,22)19-9-14(19)17(20)23-6)12(3)13-7-8-18(4,5)24-15(10)13/h14H,7-9H2,1-6H3/t14-,19?/m1/s1. The molecule has 6 nitrogen and oxygen atoms in total. The first-order valence-corrected chi connectivity index (χ1v) is 9.86. The molecule has 0 amide bonds. The number of hydrogen-bond donors (Lipinski definition) is 0. The van der Waals surface area contributed by atoms with E-state index in [2.05, 4.69) is 4.74 Å². The van der Waals surface area contributed by atoms with Gasteiger partial charge in [-0.05, 0) is 69.7 Å². The third-order valence-corrected chi connectivity index (χ3v) is 7.42. The van der Waals surface area contributed by atoms with Gasteiger partial charge in [-0.2, -0.15) is 4.31 Å². The van der Waals surface area contributed by atoms with Gasteiger partial charge in [-0.1, -0.05) is 0 Å². The molecule has 0 saturated carbocycles. The molecule has 0 aromatic heterocycles. The van der Waals surface area contributed by atoms with Crippen molar-refractivity contribution in [2.75, 3.05) is 13.7 Å². The van der Waals surface area contributed by atoms with Crippen molar-refractivity contribution < 1.29 is 22.7 Å². The predicted octanol–water partition coefficient (Wildman–Crippen LogP) is 2.26. The van der Waals surface area contributed by atoms with Gasteiger partial charge in [0.15, 0.2) is 0 Å². The smallest absolute Gasteiger partial charge is 0.325 e. The first-order chi connectivity index (χ1) is 11.5. The van der Waals surface area contributed by atoms with Crippen LogP contribution in [0, 0.1) is 20.8 Å². The summed E-state index contributed by atoms with van der Waals surface area (Å²) in [6.45, 7) is 9.79. The van der Waals surface area contributed by atoms with Gasteiger partial charge in [0, 0.05) is 6.54 Å². The zero-order chi connectivity index (χ0) is 18.7. The Kier molecular flexibility index (Phi) is 4.15. The number of carbonyl (C=O) groups excluding carboxylic acids is 1. The van der Waals surface area contributed by atoms with Gasteiger partial charge in [0.25, 0.3) is 0 Å². The third-order valence-electron chi connectivity index (χ3n) is 5.27. The lowest BCUT2D eigenvalue weighted by molar-refractivity contribution is -0.140. The van der Waals surface area contributed by atoms with Gasteiger partial charge < -0.3 is 9.47 Å². The van der Waals surface area contributed by atoms with Gasteiger partial charge in [-0.25, -0.2) is 8.42 Å². The average molecular weight is 367 g/mol. The van der Waals surface area contributed by atoms with Crippen LogP contribution in [0.4, 0.5) is 0 Å². The number of methoxy groups -OCH3 is 1. The lowest BCUT2D eigenvalue weighted by Gasteiger charge is -2.35. The van der Waals surface area contributed by atoms with Gasteiger partial charge >= 0.3 is 5.97 Å². The van der Waals surface area contributed by atoms with E-state index >= 15 is 0 Å². The Morgan fingerprint density at radius 1 is 1.20 bits per heavy atom. The van der Waals surface area contributed by atoms with E-state index in [1.807, 2.05) is 27.7 Å². The second-order valence-corrected chi connectivity index (χ2v) is 9.31. The summed E-state index contributed by atoms with van der Waals surface area (Å²) in [6, 6.07) is -0.708. The van der Waals surface area contributed by atoms with Gasteiger partial charge in [-0.3, -0.25) is 4.79 Å². The average Bonchev–Trinajstić information content (AvgIpc) is 3.32. The summed E-state index contributed by atoms with van der Waals surface area (Å²) in [7, 11) is -2.47. The highest BCUT2D eigenvalue weighted by molar-refractivity contribution is 7.89. The van der Waals surface area contributed by atoms with E-state index < -0.39 is 22.0 Å². The molecule has 7 heteroatoms. The number of benzene rings is 1. The Morgan fingerprint density at radius 2 is 1.84 bits per heavy atom. The van der Waals surface area contributed by atoms with Crippen LogP contribution in [-0.4, -0.2) is 44.0 Å². The van der Waals surface area contributed by atoms with Crippen molar-refractivity contribution in [1.82, 2.24) is 4.31 Å². The molecule has 0 aliphatic carbocycles. The maximum Gasteiger partial charge on any atom is 0.325 e. The van der Waals surface area contributed by atoms with E-state index in [0.29, 0.717) is 10.5 Å². The fourth-order valence-corrected chi connectivity index (χ4v) is 5.61. The Bertz CT molecular complexity index is 857. The highest BCUT2D eigenvalue weighted by Crippen LogP contribution is 2.44. The van der Waals surface area contributed by atoms with Gasteiger partial charge in [-0.15, -0.1) is 0 Å². The number of nitrogens with zero attached hydrogens (tertiary/aromatic N) is 1. The number of esters is 1. The zero-order valence-corrected chi connectivity index (χ0v) is 16.4. The Labute approximate surface area is 149 Å². The zero-order valence-electron chi connectivity index (χ0n) is 15.6. The molecule has 0 bridgehead atoms. The number of fused-ring (bicyclic) bond motifs is 1. The third kappa shape index (κ3) is 2.83. The van der Waals surface area contributed by atoms with E-state index in [4.69, 9.17) is 4.74 Å². The molecule has 1 unspecified atom stereocenters. The highest BCUT2D eigenvalue weighted by atomic mass is 32.2. The molecule has 1 aromatic rings. The minimum Gasteiger partial charge on any atom is -0.487 e. The second-order valence-electron chi connectivity index (χ2n) is 7.49. The van der Waals surface area contributed by atoms with E-state index in [1.54, 1.807) is 6.92 Å². The predicted molar refractivity (Wildman–Crippen MR) is 93.4 cm³/mol. The fraction of sp³-hybridized carbons (Fsp3) is 0.611. The molecular weight excluding hydrogens is 342 g/mol. The number of sulfonamides is 1.